The summed E-state index contributed by atoms with van der Waals surface area (Å²) in [6.07, 6.45) is 1.45. The second-order valence-electron chi connectivity index (χ2n) is 7.41. The lowest BCUT2D eigenvalue weighted by Gasteiger charge is -2.13. The Morgan fingerprint density at radius 1 is 0.967 bits per heavy atom. The molecule has 0 spiro atoms. The fourth-order valence-electron chi connectivity index (χ4n) is 3.58. The van der Waals surface area contributed by atoms with Crippen LogP contribution in [0, 0.1) is 0 Å². The van der Waals surface area contributed by atoms with E-state index in [-0.39, 0.29) is 18.0 Å². The number of amides is 3. The van der Waals surface area contributed by atoms with Gasteiger partial charge in [-0.2, -0.15) is 5.10 Å². The van der Waals surface area contributed by atoms with Crippen molar-refractivity contribution in [3.05, 3.63) is 89.2 Å². The minimum Gasteiger partial charge on any atom is -0.347 e. The van der Waals surface area contributed by atoms with Crippen molar-refractivity contribution in [3.8, 4) is 0 Å². The van der Waals surface area contributed by atoms with Crippen molar-refractivity contribution < 1.29 is 9.59 Å². The molecule has 0 bridgehead atoms. The number of hydrogen-bond donors (Lipinski definition) is 3. The molecule has 30 heavy (non-hydrogen) atoms. The van der Waals surface area contributed by atoms with Crippen molar-refractivity contribution >= 4 is 11.9 Å². The van der Waals surface area contributed by atoms with E-state index >= 15 is 0 Å². The number of carbonyl (C=O) groups is 2. The molecule has 3 aromatic rings. The molecule has 0 aliphatic carbocycles. The monoisotopic (exact) mass is 403 g/mol. The van der Waals surface area contributed by atoms with Crippen LogP contribution in [-0.2, 0) is 25.9 Å². The SMILES string of the molecule is O=C(NCCc1ccccc1)N[C@H]1Cc2cc(C(=O)NCc3ccccc3)nn2C1. The Morgan fingerprint density at radius 2 is 1.67 bits per heavy atom. The molecule has 3 N–H and O–H groups in total. The van der Waals surface area contributed by atoms with Crippen molar-refractivity contribution in [2.45, 2.75) is 32.0 Å². The summed E-state index contributed by atoms with van der Waals surface area (Å²) in [4.78, 5) is 24.5. The van der Waals surface area contributed by atoms with Crippen LogP contribution in [0.4, 0.5) is 4.79 Å². The first kappa shape index (κ1) is 19.7. The number of nitrogens with zero attached hydrogens (tertiary/aromatic N) is 2. The van der Waals surface area contributed by atoms with Crippen LogP contribution < -0.4 is 16.0 Å². The predicted molar refractivity (Wildman–Crippen MR) is 114 cm³/mol. The Morgan fingerprint density at radius 3 is 2.37 bits per heavy atom. The number of fused-ring (bicyclic) bond motifs is 1. The first-order valence-electron chi connectivity index (χ1n) is 10.1. The van der Waals surface area contributed by atoms with Crippen LogP contribution in [0.25, 0.3) is 0 Å². The Labute approximate surface area is 175 Å². The molecule has 4 rings (SSSR count). The Bertz CT molecular complexity index is 977. The van der Waals surface area contributed by atoms with Crippen LogP contribution in [0.5, 0.6) is 0 Å². The average molecular weight is 403 g/mol. The van der Waals surface area contributed by atoms with Gasteiger partial charge < -0.3 is 16.0 Å². The fraction of sp³-hybridized carbons (Fsp3) is 0.261. The maximum Gasteiger partial charge on any atom is 0.315 e. The predicted octanol–water partition coefficient (Wildman–Crippen LogP) is 2.28. The van der Waals surface area contributed by atoms with E-state index in [0.29, 0.717) is 31.7 Å². The Balaban J connectivity index is 1.21. The molecule has 2 aromatic carbocycles. The molecule has 0 radical (unpaired) electrons. The van der Waals surface area contributed by atoms with Gasteiger partial charge in [0.25, 0.3) is 5.91 Å². The van der Waals surface area contributed by atoms with Gasteiger partial charge in [-0.3, -0.25) is 9.48 Å². The number of rotatable bonds is 7. The highest BCUT2D eigenvalue weighted by molar-refractivity contribution is 5.92. The van der Waals surface area contributed by atoms with Crippen molar-refractivity contribution in [1.82, 2.24) is 25.7 Å². The van der Waals surface area contributed by atoms with Crippen LogP contribution in [0.3, 0.4) is 0 Å². The molecule has 0 saturated heterocycles. The highest BCUT2D eigenvalue weighted by Gasteiger charge is 2.26. The summed E-state index contributed by atoms with van der Waals surface area (Å²) in [6.45, 7) is 1.61. The van der Waals surface area contributed by atoms with E-state index in [1.165, 1.54) is 5.56 Å². The zero-order chi connectivity index (χ0) is 20.8. The standard InChI is InChI=1S/C23H25N5O2/c29-22(25-15-18-9-5-2-6-10-18)21-14-20-13-19(16-28(20)27-21)26-23(30)24-12-11-17-7-3-1-4-8-17/h1-10,14,19H,11-13,15-16H2,(H,25,29)(H2,24,26,30)/t19-/m0/s1. The minimum atomic E-state index is -0.191. The topological polar surface area (TPSA) is 88.1 Å². The van der Waals surface area contributed by atoms with E-state index in [2.05, 4.69) is 21.0 Å². The fourth-order valence-corrected chi connectivity index (χ4v) is 3.58. The average Bonchev–Trinajstić information content (AvgIpc) is 3.32. The number of benzene rings is 2. The normalized spacial score (nSPS) is 14.7. The second-order valence-corrected chi connectivity index (χ2v) is 7.41. The molecule has 1 aliphatic rings. The van der Waals surface area contributed by atoms with Gasteiger partial charge in [0, 0.05) is 25.2 Å². The summed E-state index contributed by atoms with van der Waals surface area (Å²) < 4.78 is 1.80. The molecular formula is C23H25N5O2. The largest absolute Gasteiger partial charge is 0.347 e. The van der Waals surface area contributed by atoms with Gasteiger partial charge in [0.1, 0.15) is 5.69 Å². The van der Waals surface area contributed by atoms with Crippen molar-refractivity contribution in [2.24, 2.45) is 0 Å². The molecule has 2 heterocycles. The van der Waals surface area contributed by atoms with Crippen molar-refractivity contribution in [1.29, 1.82) is 0 Å². The van der Waals surface area contributed by atoms with Gasteiger partial charge in [-0.15, -0.1) is 0 Å². The van der Waals surface area contributed by atoms with E-state index in [1.54, 1.807) is 10.7 Å². The summed E-state index contributed by atoms with van der Waals surface area (Å²) >= 11 is 0. The van der Waals surface area contributed by atoms with Crippen LogP contribution in [-0.4, -0.2) is 34.3 Å². The van der Waals surface area contributed by atoms with Gasteiger partial charge in [-0.05, 0) is 23.6 Å². The molecule has 3 amide bonds. The van der Waals surface area contributed by atoms with E-state index < -0.39 is 0 Å². The summed E-state index contributed by atoms with van der Waals surface area (Å²) in [6, 6.07) is 21.4. The number of aromatic nitrogens is 2. The van der Waals surface area contributed by atoms with Gasteiger partial charge in [0.05, 0.1) is 12.6 Å². The number of urea groups is 1. The molecular weight excluding hydrogens is 378 g/mol. The highest BCUT2D eigenvalue weighted by Crippen LogP contribution is 2.16. The molecule has 1 aliphatic heterocycles. The van der Waals surface area contributed by atoms with Gasteiger partial charge in [-0.1, -0.05) is 60.7 Å². The summed E-state index contributed by atoms with van der Waals surface area (Å²) in [7, 11) is 0. The molecule has 0 saturated carbocycles. The molecule has 1 atom stereocenters. The maximum atomic E-state index is 12.4. The summed E-state index contributed by atoms with van der Waals surface area (Å²) in [5, 5.41) is 13.2. The zero-order valence-corrected chi connectivity index (χ0v) is 16.7. The van der Waals surface area contributed by atoms with Gasteiger partial charge in [0.15, 0.2) is 0 Å². The number of hydrogen-bond acceptors (Lipinski definition) is 3. The first-order valence-corrected chi connectivity index (χ1v) is 10.1. The minimum absolute atomic E-state index is 0.0225. The van der Waals surface area contributed by atoms with E-state index in [0.717, 1.165) is 17.7 Å². The molecule has 0 unspecified atom stereocenters. The summed E-state index contributed by atoms with van der Waals surface area (Å²) in [5.74, 6) is -0.191. The third kappa shape index (κ3) is 5.05. The van der Waals surface area contributed by atoms with Crippen molar-refractivity contribution in [3.63, 3.8) is 0 Å². The van der Waals surface area contributed by atoms with Gasteiger partial charge in [0.2, 0.25) is 0 Å². The smallest absolute Gasteiger partial charge is 0.315 e. The number of carbonyl (C=O) groups excluding carboxylic acids is 2. The van der Waals surface area contributed by atoms with Crippen molar-refractivity contribution in [2.75, 3.05) is 6.54 Å². The van der Waals surface area contributed by atoms with Crippen LogP contribution >= 0.6 is 0 Å². The maximum absolute atomic E-state index is 12.4. The number of nitrogens with one attached hydrogen (secondary N) is 3. The lowest BCUT2D eigenvalue weighted by molar-refractivity contribution is 0.0944. The third-order valence-electron chi connectivity index (χ3n) is 5.12. The second kappa shape index (κ2) is 9.26. The van der Waals surface area contributed by atoms with E-state index in [9.17, 15) is 9.59 Å². The van der Waals surface area contributed by atoms with Crippen LogP contribution in [0.1, 0.15) is 27.3 Å². The third-order valence-corrected chi connectivity index (χ3v) is 5.12. The zero-order valence-electron chi connectivity index (χ0n) is 16.7. The summed E-state index contributed by atoms with van der Waals surface area (Å²) in [5.41, 5.74) is 3.60. The van der Waals surface area contributed by atoms with Crippen LogP contribution in [0.15, 0.2) is 66.7 Å². The van der Waals surface area contributed by atoms with Crippen LogP contribution in [0.2, 0.25) is 0 Å². The molecule has 154 valence electrons. The lowest BCUT2D eigenvalue weighted by Crippen LogP contribution is -2.43. The highest BCUT2D eigenvalue weighted by atomic mass is 16.2. The first-order chi connectivity index (χ1) is 14.7. The van der Waals surface area contributed by atoms with Gasteiger partial charge in [-0.25, -0.2) is 4.79 Å². The Kier molecular flexibility index (Phi) is 6.08. The Hall–Kier alpha value is -3.61. The molecule has 7 heteroatoms. The lowest BCUT2D eigenvalue weighted by atomic mass is 10.1. The quantitative estimate of drug-likeness (QED) is 0.566. The van der Waals surface area contributed by atoms with Gasteiger partial charge >= 0.3 is 6.03 Å². The molecule has 0 fully saturated rings. The van der Waals surface area contributed by atoms with E-state index in [4.69, 9.17) is 0 Å². The molecule has 1 aromatic heterocycles. The molecule has 7 nitrogen and oxygen atoms in total. The van der Waals surface area contributed by atoms with E-state index in [1.807, 2.05) is 60.7 Å².